The molecule has 1 heterocycles. The molecule has 0 spiro atoms. The van der Waals surface area contributed by atoms with Gasteiger partial charge >= 0.3 is 0 Å². The molecule has 3 N–H and O–H groups in total. The van der Waals surface area contributed by atoms with Gasteiger partial charge in [0.05, 0.1) is 15.7 Å². The average molecular weight is 287 g/mol. The molecule has 90 valence electrons. The summed E-state index contributed by atoms with van der Waals surface area (Å²) in [5.74, 6) is 0. The quantitative estimate of drug-likeness (QED) is 0.823. The summed E-state index contributed by atoms with van der Waals surface area (Å²) in [6, 6.07) is 5.50. The average Bonchev–Trinajstić information content (AvgIpc) is 2.74. The van der Waals surface area contributed by atoms with Gasteiger partial charge in [-0.1, -0.05) is 23.2 Å². The smallest absolute Gasteiger partial charge is 0.0720 e. The molecule has 0 aliphatic rings. The second-order valence-corrected chi connectivity index (χ2v) is 5.26. The van der Waals surface area contributed by atoms with Crippen molar-refractivity contribution in [2.24, 2.45) is 0 Å². The minimum absolute atomic E-state index is 0.556. The molecule has 0 saturated carbocycles. The molecule has 2 rings (SSSR count). The number of thiophene rings is 1. The van der Waals surface area contributed by atoms with Crippen LogP contribution in [0.25, 0.3) is 0 Å². The van der Waals surface area contributed by atoms with Gasteiger partial charge in [0, 0.05) is 12.2 Å². The topological polar surface area (TPSA) is 38.0 Å². The zero-order valence-electron chi connectivity index (χ0n) is 9.04. The minimum atomic E-state index is 0.556. The first-order chi connectivity index (χ1) is 8.16. The molecule has 0 aliphatic heterocycles. The maximum Gasteiger partial charge on any atom is 0.0720 e. The lowest BCUT2D eigenvalue weighted by atomic mass is 10.2. The van der Waals surface area contributed by atoms with Crippen LogP contribution in [0.3, 0.4) is 0 Å². The van der Waals surface area contributed by atoms with Crippen LogP contribution in [0.2, 0.25) is 10.0 Å². The van der Waals surface area contributed by atoms with Crippen molar-refractivity contribution < 1.29 is 0 Å². The number of hydrogen-bond donors (Lipinski definition) is 2. The van der Waals surface area contributed by atoms with E-state index in [2.05, 4.69) is 22.1 Å². The molecule has 2 nitrogen and oxygen atoms in total. The lowest BCUT2D eigenvalue weighted by Crippen LogP contribution is -2.05. The Bertz CT molecular complexity index is 474. The van der Waals surface area contributed by atoms with Crippen molar-refractivity contribution in [3.8, 4) is 0 Å². The van der Waals surface area contributed by atoms with Crippen molar-refractivity contribution in [2.45, 2.75) is 6.42 Å². The van der Waals surface area contributed by atoms with E-state index < -0.39 is 0 Å². The Morgan fingerprint density at radius 3 is 2.53 bits per heavy atom. The van der Waals surface area contributed by atoms with Crippen LogP contribution in [0.15, 0.2) is 29.0 Å². The fourth-order valence-corrected chi connectivity index (χ4v) is 2.87. The molecule has 0 radical (unpaired) electrons. The Morgan fingerprint density at radius 2 is 1.94 bits per heavy atom. The molecule has 0 amide bonds. The molecule has 17 heavy (non-hydrogen) atoms. The van der Waals surface area contributed by atoms with E-state index in [-0.39, 0.29) is 0 Å². The standard InChI is InChI=1S/C12H12Cl2N2S/c13-10-5-9(15)6-11(14)12(10)16-3-1-8-2-4-17-7-8/h2,4-7,16H,1,3,15H2. The van der Waals surface area contributed by atoms with Gasteiger partial charge < -0.3 is 11.1 Å². The van der Waals surface area contributed by atoms with Crippen LogP contribution in [0.1, 0.15) is 5.56 Å². The van der Waals surface area contributed by atoms with Crippen LogP contribution in [-0.2, 0) is 6.42 Å². The predicted octanol–water partition coefficient (Wildman–Crippen LogP) is 4.29. The minimum Gasteiger partial charge on any atom is -0.399 e. The van der Waals surface area contributed by atoms with Crippen molar-refractivity contribution in [3.63, 3.8) is 0 Å². The van der Waals surface area contributed by atoms with Gasteiger partial charge in [0.25, 0.3) is 0 Å². The van der Waals surface area contributed by atoms with E-state index in [4.69, 9.17) is 28.9 Å². The molecule has 0 bridgehead atoms. The maximum absolute atomic E-state index is 6.07. The molecule has 1 aromatic heterocycles. The molecule has 0 atom stereocenters. The first-order valence-corrected chi connectivity index (χ1v) is 6.86. The summed E-state index contributed by atoms with van der Waals surface area (Å²) < 4.78 is 0. The van der Waals surface area contributed by atoms with Crippen molar-refractivity contribution in [1.82, 2.24) is 0 Å². The van der Waals surface area contributed by atoms with Crippen LogP contribution >= 0.6 is 34.5 Å². The lowest BCUT2D eigenvalue weighted by molar-refractivity contribution is 1.03. The van der Waals surface area contributed by atoms with Gasteiger partial charge in [-0.2, -0.15) is 11.3 Å². The van der Waals surface area contributed by atoms with Crippen molar-refractivity contribution in [3.05, 3.63) is 44.6 Å². The zero-order chi connectivity index (χ0) is 12.3. The summed E-state index contributed by atoms with van der Waals surface area (Å²) in [6.45, 7) is 0.792. The molecule has 1 aromatic carbocycles. The molecule has 0 unspecified atom stereocenters. The van der Waals surface area contributed by atoms with E-state index in [0.717, 1.165) is 18.7 Å². The van der Waals surface area contributed by atoms with Crippen molar-refractivity contribution in [1.29, 1.82) is 0 Å². The Labute approximate surface area is 114 Å². The van der Waals surface area contributed by atoms with E-state index in [9.17, 15) is 0 Å². The summed E-state index contributed by atoms with van der Waals surface area (Å²) in [7, 11) is 0. The summed E-state index contributed by atoms with van der Waals surface area (Å²) in [4.78, 5) is 0. The second-order valence-electron chi connectivity index (χ2n) is 3.67. The third-order valence-electron chi connectivity index (χ3n) is 2.36. The number of nitrogens with one attached hydrogen (secondary N) is 1. The number of nitrogen functional groups attached to an aromatic ring is 1. The van der Waals surface area contributed by atoms with Gasteiger partial charge in [0.2, 0.25) is 0 Å². The molecular formula is C12H12Cl2N2S. The molecule has 0 fully saturated rings. The molecule has 0 saturated heterocycles. The first-order valence-electron chi connectivity index (χ1n) is 5.16. The number of benzene rings is 1. The number of rotatable bonds is 4. The highest BCUT2D eigenvalue weighted by Gasteiger charge is 2.06. The van der Waals surface area contributed by atoms with E-state index >= 15 is 0 Å². The molecule has 5 heteroatoms. The van der Waals surface area contributed by atoms with Gasteiger partial charge in [-0.25, -0.2) is 0 Å². The third kappa shape index (κ3) is 3.28. The van der Waals surface area contributed by atoms with Crippen LogP contribution in [0.4, 0.5) is 11.4 Å². The number of anilines is 2. The summed E-state index contributed by atoms with van der Waals surface area (Å²) >= 11 is 13.8. The largest absolute Gasteiger partial charge is 0.399 e. The fraction of sp³-hybridized carbons (Fsp3) is 0.167. The zero-order valence-corrected chi connectivity index (χ0v) is 11.4. The Morgan fingerprint density at radius 1 is 1.24 bits per heavy atom. The molecule has 2 aromatic rings. The van der Waals surface area contributed by atoms with E-state index in [0.29, 0.717) is 15.7 Å². The van der Waals surface area contributed by atoms with Crippen molar-refractivity contribution in [2.75, 3.05) is 17.6 Å². The van der Waals surface area contributed by atoms with Crippen LogP contribution in [0, 0.1) is 0 Å². The number of nitrogens with two attached hydrogens (primary N) is 1. The van der Waals surface area contributed by atoms with Gasteiger partial charge in [-0.3, -0.25) is 0 Å². The molecular weight excluding hydrogens is 275 g/mol. The van der Waals surface area contributed by atoms with Gasteiger partial charge in [-0.05, 0) is 40.9 Å². The van der Waals surface area contributed by atoms with Gasteiger partial charge in [0.1, 0.15) is 0 Å². The normalized spacial score (nSPS) is 10.5. The third-order valence-corrected chi connectivity index (χ3v) is 3.69. The summed E-state index contributed by atoms with van der Waals surface area (Å²) in [6.07, 6.45) is 0.945. The van der Waals surface area contributed by atoms with Crippen LogP contribution in [-0.4, -0.2) is 6.54 Å². The molecule has 0 aliphatic carbocycles. The Kier molecular flexibility index (Phi) is 4.15. The highest BCUT2D eigenvalue weighted by Crippen LogP contribution is 2.32. The predicted molar refractivity (Wildman–Crippen MR) is 77.4 cm³/mol. The summed E-state index contributed by atoms with van der Waals surface area (Å²) in [5, 5.41) is 8.54. The first kappa shape index (κ1) is 12.6. The Balaban J connectivity index is 1.99. The van der Waals surface area contributed by atoms with Gasteiger partial charge in [0.15, 0.2) is 0 Å². The number of hydrogen-bond acceptors (Lipinski definition) is 3. The van der Waals surface area contributed by atoms with E-state index in [1.807, 2.05) is 0 Å². The van der Waals surface area contributed by atoms with Crippen molar-refractivity contribution >= 4 is 45.9 Å². The number of halogens is 2. The SMILES string of the molecule is Nc1cc(Cl)c(NCCc2ccsc2)c(Cl)c1. The van der Waals surface area contributed by atoms with Crippen LogP contribution < -0.4 is 11.1 Å². The fourth-order valence-electron chi connectivity index (χ4n) is 1.53. The second kappa shape index (κ2) is 5.63. The highest BCUT2D eigenvalue weighted by atomic mass is 35.5. The van der Waals surface area contributed by atoms with E-state index in [1.165, 1.54) is 5.56 Å². The van der Waals surface area contributed by atoms with Crippen LogP contribution in [0.5, 0.6) is 0 Å². The maximum atomic E-state index is 6.07. The monoisotopic (exact) mass is 286 g/mol. The van der Waals surface area contributed by atoms with E-state index in [1.54, 1.807) is 23.5 Å². The highest BCUT2D eigenvalue weighted by molar-refractivity contribution is 7.07. The summed E-state index contributed by atoms with van der Waals surface area (Å²) in [5.41, 5.74) is 8.27. The lowest BCUT2D eigenvalue weighted by Gasteiger charge is -2.10. The Hall–Kier alpha value is -0.900. The van der Waals surface area contributed by atoms with Gasteiger partial charge in [-0.15, -0.1) is 0 Å².